The van der Waals surface area contributed by atoms with Gasteiger partial charge >= 0.3 is 12.1 Å². The number of ether oxygens (including phenoxy) is 1. The smallest absolute Gasteiger partial charge is 0.408 e. The SMILES string of the molecule is O=C(NC(C(=O)O)C1CC=CCC1)OCc1ccccc1. The summed E-state index contributed by atoms with van der Waals surface area (Å²) in [5, 5.41) is 11.7. The standard InChI is InChI=1S/C16H19NO4/c18-15(19)14(13-9-5-2-6-10-13)17-16(20)21-11-12-7-3-1-4-8-12/h1-5,7-8,13-14H,6,9-11H2,(H,17,20)(H,18,19). The van der Waals surface area contributed by atoms with Crippen LogP contribution < -0.4 is 5.32 Å². The third-order valence-corrected chi connectivity index (χ3v) is 3.53. The molecule has 2 rings (SSSR count). The second kappa shape index (κ2) is 7.47. The van der Waals surface area contributed by atoms with Crippen molar-refractivity contribution in [3.8, 4) is 0 Å². The Morgan fingerprint density at radius 1 is 1.29 bits per heavy atom. The Hall–Kier alpha value is -2.30. The molecule has 1 aromatic carbocycles. The van der Waals surface area contributed by atoms with Crippen molar-refractivity contribution in [2.45, 2.75) is 31.9 Å². The highest BCUT2D eigenvalue weighted by Gasteiger charge is 2.30. The molecular weight excluding hydrogens is 270 g/mol. The number of hydrogen-bond acceptors (Lipinski definition) is 3. The van der Waals surface area contributed by atoms with E-state index in [0.717, 1.165) is 18.4 Å². The zero-order valence-electron chi connectivity index (χ0n) is 11.7. The lowest BCUT2D eigenvalue weighted by molar-refractivity contribution is -0.140. The molecule has 21 heavy (non-hydrogen) atoms. The van der Waals surface area contributed by atoms with Crippen molar-refractivity contribution in [1.29, 1.82) is 0 Å². The van der Waals surface area contributed by atoms with Crippen LogP contribution in [0, 0.1) is 5.92 Å². The molecular formula is C16H19NO4. The Morgan fingerprint density at radius 2 is 2.05 bits per heavy atom. The van der Waals surface area contributed by atoms with E-state index in [1.165, 1.54) is 0 Å². The number of rotatable bonds is 5. The molecule has 1 aliphatic rings. The molecule has 2 atom stereocenters. The highest BCUT2D eigenvalue weighted by Crippen LogP contribution is 2.22. The molecule has 2 unspecified atom stereocenters. The maximum atomic E-state index is 11.8. The summed E-state index contributed by atoms with van der Waals surface area (Å²) in [7, 11) is 0. The molecule has 5 nitrogen and oxygen atoms in total. The van der Waals surface area contributed by atoms with Crippen LogP contribution in [0.3, 0.4) is 0 Å². The molecule has 0 saturated heterocycles. The van der Waals surface area contributed by atoms with Crippen molar-refractivity contribution in [2.75, 3.05) is 0 Å². The fourth-order valence-electron chi connectivity index (χ4n) is 2.39. The van der Waals surface area contributed by atoms with E-state index in [2.05, 4.69) is 5.32 Å². The topological polar surface area (TPSA) is 75.6 Å². The number of benzene rings is 1. The van der Waals surface area contributed by atoms with Crippen LogP contribution in [0.25, 0.3) is 0 Å². The van der Waals surface area contributed by atoms with Crippen molar-refractivity contribution in [3.63, 3.8) is 0 Å². The monoisotopic (exact) mass is 289 g/mol. The summed E-state index contributed by atoms with van der Waals surface area (Å²) in [5.74, 6) is -1.11. The van der Waals surface area contributed by atoms with E-state index in [4.69, 9.17) is 4.74 Å². The van der Waals surface area contributed by atoms with E-state index in [9.17, 15) is 14.7 Å². The first-order chi connectivity index (χ1) is 10.2. The van der Waals surface area contributed by atoms with E-state index in [-0.39, 0.29) is 12.5 Å². The van der Waals surface area contributed by atoms with E-state index >= 15 is 0 Å². The minimum Gasteiger partial charge on any atom is -0.480 e. The van der Waals surface area contributed by atoms with Gasteiger partial charge in [-0.1, -0.05) is 42.5 Å². The van der Waals surface area contributed by atoms with Gasteiger partial charge in [0.25, 0.3) is 0 Å². The van der Waals surface area contributed by atoms with Crippen molar-refractivity contribution in [3.05, 3.63) is 48.0 Å². The van der Waals surface area contributed by atoms with Gasteiger partial charge in [0, 0.05) is 0 Å². The molecule has 112 valence electrons. The van der Waals surface area contributed by atoms with Gasteiger partial charge in [0.2, 0.25) is 0 Å². The van der Waals surface area contributed by atoms with Gasteiger partial charge in [-0.2, -0.15) is 0 Å². The third-order valence-electron chi connectivity index (χ3n) is 3.53. The summed E-state index contributed by atoms with van der Waals surface area (Å²) in [6.07, 6.45) is 5.56. The van der Waals surface area contributed by atoms with E-state index in [0.29, 0.717) is 6.42 Å². The summed E-state index contributed by atoms with van der Waals surface area (Å²) in [6.45, 7) is 0.129. The Labute approximate surface area is 123 Å². The molecule has 0 bridgehead atoms. The number of carboxylic acids is 1. The quantitative estimate of drug-likeness (QED) is 0.817. The van der Waals surface area contributed by atoms with Crippen LogP contribution in [0.15, 0.2) is 42.5 Å². The van der Waals surface area contributed by atoms with E-state index in [1.807, 2.05) is 42.5 Å². The maximum absolute atomic E-state index is 11.8. The zero-order chi connectivity index (χ0) is 15.1. The number of aliphatic carboxylic acids is 1. The lowest BCUT2D eigenvalue weighted by Crippen LogP contribution is -2.46. The van der Waals surface area contributed by atoms with Crippen LogP contribution in [0.4, 0.5) is 4.79 Å². The molecule has 1 amide bonds. The van der Waals surface area contributed by atoms with Gasteiger partial charge in [0.15, 0.2) is 0 Å². The Bertz CT molecular complexity index is 512. The van der Waals surface area contributed by atoms with Crippen LogP contribution in [-0.4, -0.2) is 23.2 Å². The summed E-state index contributed by atoms with van der Waals surface area (Å²) >= 11 is 0. The molecule has 0 aromatic heterocycles. The van der Waals surface area contributed by atoms with Gasteiger partial charge in [-0.15, -0.1) is 0 Å². The minimum atomic E-state index is -1.02. The second-order valence-electron chi connectivity index (χ2n) is 5.07. The highest BCUT2D eigenvalue weighted by molar-refractivity contribution is 5.80. The van der Waals surface area contributed by atoms with Gasteiger partial charge in [-0.3, -0.25) is 0 Å². The summed E-state index contributed by atoms with van der Waals surface area (Å²) in [5.41, 5.74) is 0.861. The molecule has 1 aromatic rings. The van der Waals surface area contributed by atoms with Crippen molar-refractivity contribution in [1.82, 2.24) is 5.32 Å². The first-order valence-corrected chi connectivity index (χ1v) is 7.02. The second-order valence-corrected chi connectivity index (χ2v) is 5.07. The predicted octanol–water partition coefficient (Wildman–Crippen LogP) is 2.72. The highest BCUT2D eigenvalue weighted by atomic mass is 16.5. The van der Waals surface area contributed by atoms with Crippen molar-refractivity contribution >= 4 is 12.1 Å². The number of allylic oxidation sites excluding steroid dienone is 2. The number of hydrogen-bond donors (Lipinski definition) is 2. The van der Waals surface area contributed by atoms with Gasteiger partial charge in [0.1, 0.15) is 12.6 Å². The third kappa shape index (κ3) is 4.63. The number of alkyl carbamates (subject to hydrolysis) is 1. The summed E-state index contributed by atoms with van der Waals surface area (Å²) < 4.78 is 5.07. The first-order valence-electron chi connectivity index (χ1n) is 7.02. The lowest BCUT2D eigenvalue weighted by atomic mass is 9.88. The molecule has 0 heterocycles. The normalized spacial score (nSPS) is 18.8. The number of carbonyl (C=O) groups is 2. The van der Waals surface area contributed by atoms with E-state index < -0.39 is 18.1 Å². The molecule has 1 aliphatic carbocycles. The van der Waals surface area contributed by atoms with Crippen molar-refractivity contribution in [2.24, 2.45) is 5.92 Å². The Morgan fingerprint density at radius 3 is 2.67 bits per heavy atom. The fourth-order valence-corrected chi connectivity index (χ4v) is 2.39. The Kier molecular flexibility index (Phi) is 5.37. The zero-order valence-corrected chi connectivity index (χ0v) is 11.7. The van der Waals surface area contributed by atoms with E-state index in [1.54, 1.807) is 0 Å². The first kappa shape index (κ1) is 15.1. The average molecular weight is 289 g/mol. The minimum absolute atomic E-state index is 0.0863. The van der Waals surface area contributed by atoms with Crippen LogP contribution in [0.2, 0.25) is 0 Å². The summed E-state index contributed by atoms with van der Waals surface area (Å²) in [6, 6.07) is 8.36. The van der Waals surface area contributed by atoms with Gasteiger partial charge in [-0.25, -0.2) is 9.59 Å². The fraction of sp³-hybridized carbons (Fsp3) is 0.375. The molecule has 2 N–H and O–H groups in total. The number of carbonyl (C=O) groups excluding carboxylic acids is 1. The number of amides is 1. The molecule has 0 spiro atoms. The molecule has 0 saturated carbocycles. The van der Waals surface area contributed by atoms with Gasteiger partial charge < -0.3 is 15.2 Å². The predicted molar refractivity (Wildman–Crippen MR) is 77.7 cm³/mol. The maximum Gasteiger partial charge on any atom is 0.408 e. The van der Waals surface area contributed by atoms with Crippen LogP contribution in [-0.2, 0) is 16.1 Å². The molecule has 5 heteroatoms. The van der Waals surface area contributed by atoms with Crippen LogP contribution >= 0.6 is 0 Å². The molecule has 0 radical (unpaired) electrons. The van der Waals surface area contributed by atoms with Crippen molar-refractivity contribution < 1.29 is 19.4 Å². The average Bonchev–Trinajstić information content (AvgIpc) is 2.52. The summed E-state index contributed by atoms with van der Waals surface area (Å²) in [4.78, 5) is 23.1. The largest absolute Gasteiger partial charge is 0.480 e. The van der Waals surface area contributed by atoms with Crippen LogP contribution in [0.5, 0.6) is 0 Å². The van der Waals surface area contributed by atoms with Gasteiger partial charge in [-0.05, 0) is 30.7 Å². The number of nitrogens with one attached hydrogen (secondary N) is 1. The molecule has 0 aliphatic heterocycles. The number of carboxylic acid groups (broad SMARTS) is 1. The molecule has 0 fully saturated rings. The van der Waals surface area contributed by atoms with Crippen LogP contribution in [0.1, 0.15) is 24.8 Å². The lowest BCUT2D eigenvalue weighted by Gasteiger charge is -2.25. The van der Waals surface area contributed by atoms with Gasteiger partial charge in [0.05, 0.1) is 0 Å². The Balaban J connectivity index is 1.86.